The van der Waals surface area contributed by atoms with Crippen molar-refractivity contribution in [3.63, 3.8) is 0 Å². The minimum Gasteiger partial charge on any atom is -0.481 e. The highest BCUT2D eigenvalue weighted by molar-refractivity contribution is 7.89. The highest BCUT2D eigenvalue weighted by Crippen LogP contribution is 2.21. The van der Waals surface area contributed by atoms with Crippen molar-refractivity contribution in [2.24, 2.45) is 0 Å². The van der Waals surface area contributed by atoms with Gasteiger partial charge in [0.25, 0.3) is 5.91 Å². The number of ether oxygens (including phenoxy) is 1. The van der Waals surface area contributed by atoms with Gasteiger partial charge in [-0.2, -0.15) is 0 Å². The Hall–Kier alpha value is -1.67. The fourth-order valence-electron chi connectivity index (χ4n) is 1.50. The number of halogens is 1. The van der Waals surface area contributed by atoms with Crippen LogP contribution in [0.15, 0.2) is 23.1 Å². The summed E-state index contributed by atoms with van der Waals surface area (Å²) in [5.41, 5.74) is 0. The Morgan fingerprint density at radius 3 is 2.59 bits per heavy atom. The lowest BCUT2D eigenvalue weighted by atomic mass is 10.3. The Kier molecular flexibility index (Phi) is 6.76. The van der Waals surface area contributed by atoms with E-state index in [2.05, 4.69) is 4.72 Å². The number of hydrogen-bond acceptors (Lipinski definition) is 4. The quantitative estimate of drug-likeness (QED) is 0.730. The van der Waals surface area contributed by atoms with Gasteiger partial charge in [-0.05, 0) is 24.6 Å². The monoisotopic (exact) mass is 332 g/mol. The third kappa shape index (κ3) is 5.27. The number of amides is 1. The van der Waals surface area contributed by atoms with Gasteiger partial charge in [-0.1, -0.05) is 13.3 Å². The van der Waals surface area contributed by atoms with Gasteiger partial charge in [-0.3, -0.25) is 4.79 Å². The molecule has 0 saturated heterocycles. The van der Waals surface area contributed by atoms with Gasteiger partial charge >= 0.3 is 0 Å². The molecule has 0 aliphatic carbocycles. The van der Waals surface area contributed by atoms with Crippen molar-refractivity contribution in [1.29, 1.82) is 0 Å². The van der Waals surface area contributed by atoms with Crippen molar-refractivity contribution >= 4 is 15.9 Å². The van der Waals surface area contributed by atoms with Crippen LogP contribution in [0, 0.1) is 5.82 Å². The summed E-state index contributed by atoms with van der Waals surface area (Å²) in [6.07, 6.45) is 1.55. The maximum absolute atomic E-state index is 13.9. The number of benzene rings is 1. The van der Waals surface area contributed by atoms with E-state index in [9.17, 15) is 17.6 Å². The Balaban J connectivity index is 2.78. The van der Waals surface area contributed by atoms with Crippen molar-refractivity contribution in [3.05, 3.63) is 24.0 Å². The zero-order valence-electron chi connectivity index (χ0n) is 12.9. The summed E-state index contributed by atoms with van der Waals surface area (Å²) in [4.78, 5) is 12.5. The van der Waals surface area contributed by atoms with E-state index in [0.717, 1.165) is 12.5 Å². The molecule has 1 N–H and O–H groups in total. The van der Waals surface area contributed by atoms with Gasteiger partial charge in [0.1, 0.15) is 0 Å². The van der Waals surface area contributed by atoms with Crippen molar-refractivity contribution in [2.45, 2.75) is 24.7 Å². The molecule has 0 aliphatic rings. The second-order valence-corrected chi connectivity index (χ2v) is 6.69. The molecule has 0 aromatic heterocycles. The molecule has 1 amide bonds. The van der Waals surface area contributed by atoms with Crippen molar-refractivity contribution < 1.29 is 22.3 Å². The van der Waals surface area contributed by atoms with Gasteiger partial charge in [0.15, 0.2) is 18.2 Å². The molecule has 124 valence electrons. The van der Waals surface area contributed by atoms with Crippen LogP contribution < -0.4 is 9.46 Å². The minimum atomic E-state index is -3.74. The number of carbonyl (C=O) groups is 1. The van der Waals surface area contributed by atoms with Gasteiger partial charge in [-0.25, -0.2) is 17.5 Å². The highest BCUT2D eigenvalue weighted by Gasteiger charge is 2.17. The van der Waals surface area contributed by atoms with E-state index in [0.29, 0.717) is 13.0 Å². The van der Waals surface area contributed by atoms with Gasteiger partial charge in [0.2, 0.25) is 10.0 Å². The summed E-state index contributed by atoms with van der Waals surface area (Å²) < 4.78 is 45.2. The number of hydrogen-bond donors (Lipinski definition) is 1. The molecule has 0 atom stereocenters. The van der Waals surface area contributed by atoms with Gasteiger partial charge < -0.3 is 9.64 Å². The van der Waals surface area contributed by atoms with Crippen molar-refractivity contribution in [3.8, 4) is 5.75 Å². The zero-order valence-corrected chi connectivity index (χ0v) is 13.7. The summed E-state index contributed by atoms with van der Waals surface area (Å²) in [6, 6.07) is 3.32. The third-order valence-electron chi connectivity index (χ3n) is 2.89. The molecule has 0 aliphatic heterocycles. The first-order valence-electron chi connectivity index (χ1n) is 6.90. The van der Waals surface area contributed by atoms with E-state index in [1.807, 2.05) is 6.92 Å². The molecule has 0 heterocycles. The highest BCUT2D eigenvalue weighted by atomic mass is 32.2. The van der Waals surface area contributed by atoms with E-state index < -0.39 is 15.8 Å². The predicted octanol–water partition coefficient (Wildman–Crippen LogP) is 1.37. The molecule has 0 radical (unpaired) electrons. The van der Waals surface area contributed by atoms with Crippen molar-refractivity contribution in [2.75, 3.05) is 27.2 Å². The fourth-order valence-corrected chi connectivity index (χ4v) is 2.59. The first kappa shape index (κ1) is 18.4. The van der Waals surface area contributed by atoms with Crippen LogP contribution in [0.2, 0.25) is 0 Å². The molecule has 8 heteroatoms. The molecule has 0 unspecified atom stereocenters. The Morgan fingerprint density at radius 1 is 1.36 bits per heavy atom. The van der Waals surface area contributed by atoms with Crippen LogP contribution in [0.1, 0.15) is 19.8 Å². The van der Waals surface area contributed by atoms with E-state index >= 15 is 0 Å². The summed E-state index contributed by atoms with van der Waals surface area (Å²) in [5.74, 6) is -1.31. The van der Waals surface area contributed by atoms with Crippen LogP contribution in [-0.2, 0) is 14.8 Å². The topological polar surface area (TPSA) is 75.7 Å². The maximum Gasteiger partial charge on any atom is 0.259 e. The normalized spacial score (nSPS) is 11.3. The first-order valence-corrected chi connectivity index (χ1v) is 8.38. The average Bonchev–Trinajstić information content (AvgIpc) is 2.45. The van der Waals surface area contributed by atoms with Gasteiger partial charge in [-0.15, -0.1) is 0 Å². The SMILES string of the molecule is CCCCNS(=O)(=O)c1ccc(OCC(=O)N(C)C)c(F)c1. The van der Waals surface area contributed by atoms with Crippen LogP contribution in [0.5, 0.6) is 5.75 Å². The molecule has 6 nitrogen and oxygen atoms in total. The molecule has 0 fully saturated rings. The second-order valence-electron chi connectivity index (χ2n) is 4.92. The lowest BCUT2D eigenvalue weighted by Gasteiger charge is -2.12. The molecular formula is C14H21FN2O4S. The number of unbranched alkanes of at least 4 members (excludes halogenated alkanes) is 1. The van der Waals surface area contributed by atoms with Crippen LogP contribution in [0.3, 0.4) is 0 Å². The molecule has 0 saturated carbocycles. The van der Waals surface area contributed by atoms with E-state index in [1.54, 1.807) is 14.1 Å². The predicted molar refractivity (Wildman–Crippen MR) is 80.7 cm³/mol. The number of sulfonamides is 1. The molecule has 1 rings (SSSR count). The van der Waals surface area contributed by atoms with Crippen LogP contribution in [0.4, 0.5) is 4.39 Å². The molecule has 1 aromatic rings. The lowest BCUT2D eigenvalue weighted by molar-refractivity contribution is -0.130. The average molecular weight is 332 g/mol. The zero-order chi connectivity index (χ0) is 16.8. The second kappa shape index (κ2) is 8.09. The summed E-state index contributed by atoms with van der Waals surface area (Å²) in [7, 11) is -0.627. The lowest BCUT2D eigenvalue weighted by Crippen LogP contribution is -2.27. The minimum absolute atomic E-state index is 0.164. The van der Waals surface area contributed by atoms with Crippen LogP contribution >= 0.6 is 0 Å². The number of nitrogens with one attached hydrogen (secondary N) is 1. The van der Waals surface area contributed by atoms with Crippen LogP contribution in [-0.4, -0.2) is 46.5 Å². The summed E-state index contributed by atoms with van der Waals surface area (Å²) in [5, 5.41) is 0. The molecule has 1 aromatic carbocycles. The van der Waals surface area contributed by atoms with E-state index in [1.165, 1.54) is 17.0 Å². The summed E-state index contributed by atoms with van der Waals surface area (Å²) in [6.45, 7) is 1.93. The standard InChI is InChI=1S/C14H21FN2O4S/c1-4-5-8-16-22(19,20)11-6-7-13(12(15)9-11)21-10-14(18)17(2)3/h6-7,9,16H,4-5,8,10H2,1-3H3. The van der Waals surface area contributed by atoms with Gasteiger partial charge in [0, 0.05) is 20.6 Å². The first-order chi connectivity index (χ1) is 10.3. The van der Waals surface area contributed by atoms with Gasteiger partial charge in [0.05, 0.1) is 4.90 Å². The molecule has 22 heavy (non-hydrogen) atoms. The van der Waals surface area contributed by atoms with E-state index in [4.69, 9.17) is 4.74 Å². The largest absolute Gasteiger partial charge is 0.481 e. The number of nitrogens with zero attached hydrogens (tertiary/aromatic N) is 1. The van der Waals surface area contributed by atoms with Crippen molar-refractivity contribution in [1.82, 2.24) is 9.62 Å². The number of carbonyl (C=O) groups excluding carboxylic acids is 1. The smallest absolute Gasteiger partial charge is 0.259 e. The Labute approximate surface area is 130 Å². The van der Waals surface area contributed by atoms with Crippen LogP contribution in [0.25, 0.3) is 0 Å². The van der Waals surface area contributed by atoms with E-state index in [-0.39, 0.29) is 23.2 Å². The fraction of sp³-hybridized carbons (Fsp3) is 0.500. The Morgan fingerprint density at radius 2 is 2.05 bits per heavy atom. The summed E-state index contributed by atoms with van der Waals surface area (Å²) >= 11 is 0. The number of rotatable bonds is 8. The Bertz CT molecular complexity index is 617. The molecular weight excluding hydrogens is 311 g/mol. The number of likely N-dealkylation sites (N-methyl/N-ethyl adjacent to an activating group) is 1. The molecule has 0 spiro atoms. The molecule has 0 bridgehead atoms. The maximum atomic E-state index is 13.9. The third-order valence-corrected chi connectivity index (χ3v) is 4.34.